The summed E-state index contributed by atoms with van der Waals surface area (Å²) in [4.78, 5) is 25.3. The predicted octanol–water partition coefficient (Wildman–Crippen LogP) is 3.05. The van der Waals surface area contributed by atoms with E-state index in [1.54, 1.807) is 12.1 Å². The lowest BCUT2D eigenvalue weighted by Crippen LogP contribution is -2.22. The van der Waals surface area contributed by atoms with E-state index in [1.165, 1.54) is 17.2 Å². The number of phenols is 1. The standard InChI is InChI=1S/C18H14O3/c19-15-7-3-6-12-16(15)18(21)14-9-11-5-2-1-4-10(11)8-13(14)17(12)20/h3,6-9,19H,1-2,4-5H2. The zero-order chi connectivity index (χ0) is 14.6. The van der Waals surface area contributed by atoms with Crippen LogP contribution in [0.25, 0.3) is 0 Å². The average Bonchev–Trinajstić information content (AvgIpc) is 2.51. The van der Waals surface area contributed by atoms with Crippen molar-refractivity contribution in [2.45, 2.75) is 25.7 Å². The average molecular weight is 278 g/mol. The molecule has 0 bridgehead atoms. The largest absolute Gasteiger partial charge is 0.507 e. The molecule has 2 aliphatic rings. The number of carbonyl (C=O) groups is 2. The highest BCUT2D eigenvalue weighted by atomic mass is 16.3. The first-order valence-electron chi connectivity index (χ1n) is 7.24. The van der Waals surface area contributed by atoms with Crippen LogP contribution in [0.4, 0.5) is 0 Å². The third-order valence-electron chi connectivity index (χ3n) is 4.49. The topological polar surface area (TPSA) is 54.4 Å². The molecule has 2 aromatic rings. The van der Waals surface area contributed by atoms with Crippen molar-refractivity contribution >= 4 is 11.6 Å². The Morgan fingerprint density at radius 1 is 0.810 bits per heavy atom. The van der Waals surface area contributed by atoms with Crippen molar-refractivity contribution < 1.29 is 14.7 Å². The highest BCUT2D eigenvalue weighted by molar-refractivity contribution is 6.29. The molecule has 0 radical (unpaired) electrons. The lowest BCUT2D eigenvalue weighted by molar-refractivity contribution is 0.0976. The Kier molecular flexibility index (Phi) is 2.52. The summed E-state index contributed by atoms with van der Waals surface area (Å²) in [6, 6.07) is 8.41. The van der Waals surface area contributed by atoms with Crippen molar-refractivity contribution in [1.82, 2.24) is 0 Å². The molecule has 0 aromatic heterocycles. The number of aryl methyl sites for hydroxylation is 2. The second kappa shape index (κ2) is 4.29. The van der Waals surface area contributed by atoms with E-state index in [0.717, 1.165) is 25.7 Å². The molecule has 21 heavy (non-hydrogen) atoms. The highest BCUT2D eigenvalue weighted by Gasteiger charge is 2.32. The number of aromatic hydroxyl groups is 1. The predicted molar refractivity (Wildman–Crippen MR) is 78.1 cm³/mol. The summed E-state index contributed by atoms with van der Waals surface area (Å²) < 4.78 is 0. The van der Waals surface area contributed by atoms with Crippen molar-refractivity contribution in [3.05, 3.63) is 63.7 Å². The molecule has 3 heteroatoms. The van der Waals surface area contributed by atoms with Crippen LogP contribution in [0.15, 0.2) is 30.3 Å². The lowest BCUT2D eigenvalue weighted by atomic mass is 9.79. The van der Waals surface area contributed by atoms with E-state index < -0.39 is 0 Å². The van der Waals surface area contributed by atoms with E-state index in [9.17, 15) is 14.7 Å². The van der Waals surface area contributed by atoms with Gasteiger partial charge in [-0.25, -0.2) is 0 Å². The first kappa shape index (κ1) is 12.3. The Balaban J connectivity index is 1.99. The third kappa shape index (κ3) is 1.67. The first-order chi connectivity index (χ1) is 10.2. The molecule has 3 nitrogen and oxygen atoms in total. The van der Waals surface area contributed by atoms with E-state index >= 15 is 0 Å². The molecule has 0 amide bonds. The molecule has 4 rings (SSSR count). The highest BCUT2D eigenvalue weighted by Crippen LogP contribution is 2.35. The molecular formula is C18H14O3. The van der Waals surface area contributed by atoms with E-state index in [2.05, 4.69) is 0 Å². The van der Waals surface area contributed by atoms with Gasteiger partial charge in [-0.3, -0.25) is 9.59 Å². The minimum atomic E-state index is -0.244. The number of fused-ring (bicyclic) bond motifs is 3. The Bertz CT molecular complexity index is 802. The maximum Gasteiger partial charge on any atom is 0.198 e. The summed E-state index contributed by atoms with van der Waals surface area (Å²) in [6.45, 7) is 0. The van der Waals surface area contributed by atoms with Gasteiger partial charge < -0.3 is 5.11 Å². The summed E-state index contributed by atoms with van der Waals surface area (Å²) in [5, 5.41) is 9.94. The molecule has 1 N–H and O–H groups in total. The number of hydrogen-bond acceptors (Lipinski definition) is 3. The molecule has 0 unspecified atom stereocenters. The molecular weight excluding hydrogens is 264 g/mol. The molecule has 0 atom stereocenters. The van der Waals surface area contributed by atoms with Crippen LogP contribution in [0.3, 0.4) is 0 Å². The van der Waals surface area contributed by atoms with Crippen LogP contribution in [0.1, 0.15) is 55.8 Å². The summed E-state index contributed by atoms with van der Waals surface area (Å²) in [5.41, 5.74) is 3.73. The molecule has 0 saturated heterocycles. The monoisotopic (exact) mass is 278 g/mol. The number of carbonyl (C=O) groups excluding carboxylic acids is 2. The van der Waals surface area contributed by atoms with Gasteiger partial charge >= 0.3 is 0 Å². The maximum absolute atomic E-state index is 12.6. The number of rotatable bonds is 0. The van der Waals surface area contributed by atoms with Crippen LogP contribution in [0.2, 0.25) is 0 Å². The van der Waals surface area contributed by atoms with Crippen LogP contribution in [0, 0.1) is 0 Å². The van der Waals surface area contributed by atoms with Gasteiger partial charge in [-0.05, 0) is 55.0 Å². The maximum atomic E-state index is 12.6. The fourth-order valence-corrected chi connectivity index (χ4v) is 3.41. The summed E-state index contributed by atoms with van der Waals surface area (Å²) in [6.07, 6.45) is 4.18. The van der Waals surface area contributed by atoms with Gasteiger partial charge in [-0.15, -0.1) is 0 Å². The van der Waals surface area contributed by atoms with Crippen molar-refractivity contribution in [2.24, 2.45) is 0 Å². The van der Waals surface area contributed by atoms with Gasteiger partial charge in [0.2, 0.25) is 0 Å². The number of benzene rings is 2. The minimum absolute atomic E-state index is 0.116. The van der Waals surface area contributed by atoms with Crippen LogP contribution in [0.5, 0.6) is 5.75 Å². The van der Waals surface area contributed by atoms with Gasteiger partial charge in [-0.1, -0.05) is 12.1 Å². The molecule has 0 heterocycles. The Hall–Kier alpha value is -2.42. The molecule has 2 aromatic carbocycles. The normalized spacial score (nSPS) is 16.2. The smallest absolute Gasteiger partial charge is 0.198 e. The fraction of sp³-hybridized carbons (Fsp3) is 0.222. The molecule has 104 valence electrons. The second-order valence-electron chi connectivity index (χ2n) is 5.73. The van der Waals surface area contributed by atoms with Gasteiger partial charge in [0, 0.05) is 16.7 Å². The molecule has 0 fully saturated rings. The summed E-state index contributed by atoms with van der Waals surface area (Å²) in [7, 11) is 0. The van der Waals surface area contributed by atoms with Crippen molar-refractivity contribution in [3.8, 4) is 5.75 Å². The number of hydrogen-bond donors (Lipinski definition) is 1. The Labute approximate surface area is 122 Å². The zero-order valence-corrected chi connectivity index (χ0v) is 11.5. The van der Waals surface area contributed by atoms with Crippen LogP contribution in [-0.4, -0.2) is 16.7 Å². The van der Waals surface area contributed by atoms with E-state index in [-0.39, 0.29) is 22.9 Å². The molecule has 0 saturated carbocycles. The lowest BCUT2D eigenvalue weighted by Gasteiger charge is -2.23. The number of ketones is 2. The van der Waals surface area contributed by atoms with Crippen molar-refractivity contribution in [3.63, 3.8) is 0 Å². The van der Waals surface area contributed by atoms with Crippen molar-refractivity contribution in [2.75, 3.05) is 0 Å². The Morgan fingerprint density at radius 2 is 1.43 bits per heavy atom. The fourth-order valence-electron chi connectivity index (χ4n) is 3.41. The SMILES string of the molecule is O=C1c2cc3c(cc2C(=O)c2c(O)cccc21)CCCC3. The van der Waals surface area contributed by atoms with Gasteiger partial charge in [-0.2, -0.15) is 0 Å². The van der Waals surface area contributed by atoms with Crippen LogP contribution in [-0.2, 0) is 12.8 Å². The van der Waals surface area contributed by atoms with Gasteiger partial charge in [0.05, 0.1) is 5.56 Å². The van der Waals surface area contributed by atoms with Gasteiger partial charge in [0.1, 0.15) is 5.75 Å². The second-order valence-corrected chi connectivity index (χ2v) is 5.73. The van der Waals surface area contributed by atoms with Crippen molar-refractivity contribution in [1.29, 1.82) is 0 Å². The zero-order valence-electron chi connectivity index (χ0n) is 11.5. The van der Waals surface area contributed by atoms with Gasteiger partial charge in [0.25, 0.3) is 0 Å². The minimum Gasteiger partial charge on any atom is -0.507 e. The molecule has 0 aliphatic heterocycles. The van der Waals surface area contributed by atoms with E-state index in [0.29, 0.717) is 16.7 Å². The summed E-state index contributed by atoms with van der Waals surface area (Å²) in [5.74, 6) is -0.524. The molecule has 2 aliphatic carbocycles. The van der Waals surface area contributed by atoms with Gasteiger partial charge in [0.15, 0.2) is 11.6 Å². The quantitative estimate of drug-likeness (QED) is 0.687. The summed E-state index contributed by atoms with van der Waals surface area (Å²) >= 11 is 0. The van der Waals surface area contributed by atoms with Crippen LogP contribution >= 0.6 is 0 Å². The van der Waals surface area contributed by atoms with Crippen LogP contribution < -0.4 is 0 Å². The van der Waals surface area contributed by atoms with E-state index in [1.807, 2.05) is 12.1 Å². The number of phenolic OH excluding ortho intramolecular Hbond substituents is 1. The Morgan fingerprint density at radius 3 is 2.10 bits per heavy atom. The first-order valence-corrected chi connectivity index (χ1v) is 7.24. The third-order valence-corrected chi connectivity index (χ3v) is 4.49. The van der Waals surface area contributed by atoms with E-state index in [4.69, 9.17) is 0 Å². The molecule has 0 spiro atoms.